The predicted molar refractivity (Wildman–Crippen MR) is 122 cm³/mol. The number of ether oxygens (including phenoxy) is 1. The molecular formula is C24H27NO6S. The average Bonchev–Trinajstić information content (AvgIpc) is 2.71. The minimum atomic E-state index is -3.90. The molecule has 0 aliphatic carbocycles. The Morgan fingerprint density at radius 3 is 2.44 bits per heavy atom. The van der Waals surface area contributed by atoms with Gasteiger partial charge in [-0.3, -0.25) is 0 Å². The van der Waals surface area contributed by atoms with E-state index < -0.39 is 27.7 Å². The highest BCUT2D eigenvalue weighted by atomic mass is 32.2. The third kappa shape index (κ3) is 5.44. The van der Waals surface area contributed by atoms with Crippen LogP contribution < -0.4 is 15.1 Å². The zero-order valence-corrected chi connectivity index (χ0v) is 19.4. The summed E-state index contributed by atoms with van der Waals surface area (Å²) in [6, 6.07) is 9.99. The Morgan fingerprint density at radius 1 is 1.09 bits per heavy atom. The molecular weight excluding hydrogens is 430 g/mol. The van der Waals surface area contributed by atoms with E-state index in [4.69, 9.17) is 9.15 Å². The Kier molecular flexibility index (Phi) is 7.16. The van der Waals surface area contributed by atoms with Crippen LogP contribution in [0.2, 0.25) is 0 Å². The van der Waals surface area contributed by atoms with Gasteiger partial charge in [0.1, 0.15) is 17.4 Å². The monoisotopic (exact) mass is 457 g/mol. The standard InChI is InChI=1S/C24H27NO6S/c1-5-6-7-18-14-22(26)30-20-12-16(3)13-21(23(18)20)31-24(27)17(4)25-32(28,29)19-10-8-15(2)9-11-19/h8-14,17,25H,5-7H2,1-4H3/t17-/m1/s1. The van der Waals surface area contributed by atoms with Gasteiger partial charge in [0.2, 0.25) is 10.0 Å². The summed E-state index contributed by atoms with van der Waals surface area (Å²) in [5.41, 5.74) is 2.26. The first-order valence-electron chi connectivity index (χ1n) is 10.5. The summed E-state index contributed by atoms with van der Waals surface area (Å²) in [5, 5.41) is 0.547. The number of benzene rings is 2. The van der Waals surface area contributed by atoms with Crippen LogP contribution in [0.5, 0.6) is 5.75 Å². The number of carbonyl (C=O) groups is 1. The maximum atomic E-state index is 12.8. The summed E-state index contributed by atoms with van der Waals surface area (Å²) in [6.07, 6.45) is 2.41. The molecule has 0 unspecified atom stereocenters. The number of esters is 1. The maximum Gasteiger partial charge on any atom is 0.336 e. The van der Waals surface area contributed by atoms with Gasteiger partial charge in [0.15, 0.2) is 0 Å². The lowest BCUT2D eigenvalue weighted by atomic mass is 10.0. The fraction of sp³-hybridized carbons (Fsp3) is 0.333. The van der Waals surface area contributed by atoms with Crippen LogP contribution in [0, 0.1) is 13.8 Å². The van der Waals surface area contributed by atoms with Gasteiger partial charge < -0.3 is 9.15 Å². The molecule has 0 aliphatic rings. The van der Waals surface area contributed by atoms with Gasteiger partial charge in [0.25, 0.3) is 0 Å². The quantitative estimate of drug-likeness (QED) is 0.311. The molecule has 1 aromatic heterocycles. The van der Waals surface area contributed by atoms with Crippen LogP contribution in [0.15, 0.2) is 56.6 Å². The number of sulfonamides is 1. The highest BCUT2D eigenvalue weighted by Crippen LogP contribution is 2.31. The van der Waals surface area contributed by atoms with Crippen LogP contribution in [-0.2, 0) is 21.2 Å². The van der Waals surface area contributed by atoms with Crippen molar-refractivity contribution in [3.63, 3.8) is 0 Å². The first-order valence-corrected chi connectivity index (χ1v) is 12.0. The molecule has 0 radical (unpaired) electrons. The number of rotatable bonds is 8. The summed E-state index contributed by atoms with van der Waals surface area (Å²) in [5.74, 6) is -0.526. The number of nitrogens with one attached hydrogen (secondary N) is 1. The van der Waals surface area contributed by atoms with Crippen LogP contribution in [0.3, 0.4) is 0 Å². The molecule has 2 aromatic carbocycles. The van der Waals surface area contributed by atoms with E-state index in [-0.39, 0.29) is 10.6 Å². The fourth-order valence-corrected chi connectivity index (χ4v) is 4.57. The molecule has 0 saturated heterocycles. The number of carbonyl (C=O) groups excluding carboxylic acids is 1. The third-order valence-electron chi connectivity index (χ3n) is 5.06. The Bertz CT molecular complexity index is 1290. The minimum absolute atomic E-state index is 0.0624. The first-order chi connectivity index (χ1) is 15.1. The predicted octanol–water partition coefficient (Wildman–Crippen LogP) is 4.02. The summed E-state index contributed by atoms with van der Waals surface area (Å²) in [7, 11) is -3.90. The summed E-state index contributed by atoms with van der Waals surface area (Å²) < 4.78 is 38.5. The minimum Gasteiger partial charge on any atom is -0.425 e. The molecule has 32 heavy (non-hydrogen) atoms. The normalized spacial score (nSPS) is 12.6. The van der Waals surface area contributed by atoms with Gasteiger partial charge in [-0.2, -0.15) is 4.72 Å². The van der Waals surface area contributed by atoms with Crippen molar-refractivity contribution in [3.05, 3.63) is 69.6 Å². The van der Waals surface area contributed by atoms with Crippen LogP contribution in [0.4, 0.5) is 0 Å². The van der Waals surface area contributed by atoms with Gasteiger partial charge in [0, 0.05) is 6.07 Å². The van der Waals surface area contributed by atoms with Crippen molar-refractivity contribution in [1.29, 1.82) is 0 Å². The van der Waals surface area contributed by atoms with Crippen LogP contribution in [0.1, 0.15) is 43.4 Å². The van der Waals surface area contributed by atoms with E-state index in [1.165, 1.54) is 25.1 Å². The molecule has 0 fully saturated rings. The van der Waals surface area contributed by atoms with E-state index in [1.807, 2.05) is 13.8 Å². The molecule has 8 heteroatoms. The summed E-state index contributed by atoms with van der Waals surface area (Å²) in [6.45, 7) is 7.11. The highest BCUT2D eigenvalue weighted by molar-refractivity contribution is 7.89. The van der Waals surface area contributed by atoms with Crippen molar-refractivity contribution in [1.82, 2.24) is 4.72 Å². The molecule has 7 nitrogen and oxygen atoms in total. The van der Waals surface area contributed by atoms with E-state index in [0.29, 0.717) is 17.4 Å². The molecule has 0 bridgehead atoms. The molecule has 0 saturated carbocycles. The van der Waals surface area contributed by atoms with Crippen molar-refractivity contribution in [3.8, 4) is 5.75 Å². The zero-order valence-electron chi connectivity index (χ0n) is 18.6. The molecule has 1 atom stereocenters. The highest BCUT2D eigenvalue weighted by Gasteiger charge is 2.25. The van der Waals surface area contributed by atoms with Crippen molar-refractivity contribution in [2.24, 2.45) is 0 Å². The second-order valence-corrected chi connectivity index (χ2v) is 9.62. The molecule has 0 spiro atoms. The van der Waals surface area contributed by atoms with Gasteiger partial charge in [-0.1, -0.05) is 31.0 Å². The van der Waals surface area contributed by atoms with Gasteiger partial charge in [-0.15, -0.1) is 0 Å². The van der Waals surface area contributed by atoms with Crippen molar-refractivity contribution < 1.29 is 22.4 Å². The number of fused-ring (bicyclic) bond motifs is 1. The molecule has 3 aromatic rings. The Balaban J connectivity index is 1.90. The molecule has 170 valence electrons. The number of aryl methyl sites for hydroxylation is 3. The van der Waals surface area contributed by atoms with E-state index in [0.717, 1.165) is 29.5 Å². The molecule has 1 N–H and O–H groups in total. The second kappa shape index (κ2) is 9.67. The van der Waals surface area contributed by atoms with E-state index in [9.17, 15) is 18.0 Å². The van der Waals surface area contributed by atoms with Crippen molar-refractivity contribution in [2.45, 2.75) is 57.9 Å². The lowest BCUT2D eigenvalue weighted by Crippen LogP contribution is -2.40. The fourth-order valence-electron chi connectivity index (χ4n) is 3.38. The lowest BCUT2D eigenvalue weighted by molar-refractivity contribution is -0.135. The van der Waals surface area contributed by atoms with Gasteiger partial charge in [-0.05, 0) is 69.0 Å². The Morgan fingerprint density at radius 2 is 1.78 bits per heavy atom. The summed E-state index contributed by atoms with van der Waals surface area (Å²) in [4.78, 5) is 24.8. The van der Waals surface area contributed by atoms with Crippen molar-refractivity contribution >= 4 is 27.0 Å². The van der Waals surface area contributed by atoms with E-state index in [1.54, 1.807) is 31.2 Å². The average molecular weight is 458 g/mol. The zero-order chi connectivity index (χ0) is 23.5. The SMILES string of the molecule is CCCCc1cc(=O)oc2cc(C)cc(OC(=O)[C@@H](C)NS(=O)(=O)c3ccc(C)cc3)c12. The van der Waals surface area contributed by atoms with Gasteiger partial charge >= 0.3 is 11.6 Å². The Labute approximate surface area is 187 Å². The largest absolute Gasteiger partial charge is 0.425 e. The third-order valence-corrected chi connectivity index (χ3v) is 6.62. The number of hydrogen-bond donors (Lipinski definition) is 1. The topological polar surface area (TPSA) is 103 Å². The maximum absolute atomic E-state index is 12.8. The van der Waals surface area contributed by atoms with E-state index in [2.05, 4.69) is 4.72 Å². The molecule has 3 rings (SSSR count). The second-order valence-electron chi connectivity index (χ2n) is 7.91. The van der Waals surface area contributed by atoms with Crippen molar-refractivity contribution in [2.75, 3.05) is 0 Å². The molecule has 0 amide bonds. The number of hydrogen-bond acceptors (Lipinski definition) is 6. The smallest absolute Gasteiger partial charge is 0.336 e. The number of unbranched alkanes of at least 4 members (excludes halogenated alkanes) is 1. The lowest BCUT2D eigenvalue weighted by Gasteiger charge is -2.16. The van der Waals surface area contributed by atoms with Crippen LogP contribution in [-0.4, -0.2) is 20.4 Å². The molecule has 0 aliphatic heterocycles. The molecule has 1 heterocycles. The van der Waals surface area contributed by atoms with Gasteiger partial charge in [0.05, 0.1) is 10.3 Å². The Hall–Kier alpha value is -2.97. The summed E-state index contributed by atoms with van der Waals surface area (Å²) >= 11 is 0. The van der Waals surface area contributed by atoms with Crippen LogP contribution in [0.25, 0.3) is 11.0 Å². The van der Waals surface area contributed by atoms with Gasteiger partial charge in [-0.25, -0.2) is 18.0 Å². The first kappa shape index (κ1) is 23.7. The van der Waals surface area contributed by atoms with Crippen LogP contribution >= 0.6 is 0 Å². The van der Waals surface area contributed by atoms with E-state index >= 15 is 0 Å².